The maximum Gasteiger partial charge on any atom is 0.268 e. The van der Waals surface area contributed by atoms with Gasteiger partial charge in [-0.15, -0.1) is 34.9 Å². The molecule has 0 unspecified atom stereocenters. The molecule has 0 radical (unpaired) electrons. The number of thiophene rings is 1. The van der Waals surface area contributed by atoms with Gasteiger partial charge in [0.2, 0.25) is 6.10 Å². The third-order valence-corrected chi connectivity index (χ3v) is 8.37. The van der Waals surface area contributed by atoms with Gasteiger partial charge in [-0.05, 0) is 47.8 Å². The molecule has 136 valence electrons. The number of hydrogen-bond donors (Lipinski definition) is 1. The van der Waals surface area contributed by atoms with Gasteiger partial charge in [-0.1, -0.05) is 28.9 Å². The standard InChI is InChI=1S/C18H17ClN2O2S3/c19-16-6-5-15(26-16)13-10-14(23-21-13)17(22)20-12-4-1-3-11(9-12)18-24-7-2-8-25-18/h1,3-6,9,14,18H,2,7-8,10H2,(H,20,22)/t14-/m1/s1. The Bertz CT molecular complexity index is 833. The van der Waals surface area contributed by atoms with Gasteiger partial charge in [0.05, 0.1) is 13.8 Å². The van der Waals surface area contributed by atoms with Crippen molar-refractivity contribution >= 4 is 63.8 Å². The summed E-state index contributed by atoms with van der Waals surface area (Å²) < 4.78 is 1.15. The van der Waals surface area contributed by atoms with Crippen molar-refractivity contribution in [3.8, 4) is 0 Å². The third kappa shape index (κ3) is 4.22. The van der Waals surface area contributed by atoms with Gasteiger partial charge < -0.3 is 10.2 Å². The molecule has 0 aliphatic carbocycles. The highest BCUT2D eigenvalue weighted by atomic mass is 35.5. The topological polar surface area (TPSA) is 50.7 Å². The van der Waals surface area contributed by atoms with E-state index in [9.17, 15) is 4.79 Å². The molecule has 1 atom stereocenters. The number of nitrogens with one attached hydrogen (secondary N) is 1. The first kappa shape index (κ1) is 18.2. The molecule has 2 aromatic rings. The highest BCUT2D eigenvalue weighted by Crippen LogP contribution is 2.44. The molecule has 1 fully saturated rings. The van der Waals surface area contributed by atoms with E-state index in [2.05, 4.69) is 22.6 Å². The number of nitrogens with zero attached hydrogens (tertiary/aromatic N) is 1. The van der Waals surface area contributed by atoms with Gasteiger partial charge in [0.25, 0.3) is 5.91 Å². The van der Waals surface area contributed by atoms with Crippen molar-refractivity contribution in [2.45, 2.75) is 23.5 Å². The number of thioether (sulfide) groups is 2. The third-order valence-electron chi connectivity index (χ3n) is 4.07. The van der Waals surface area contributed by atoms with E-state index in [1.165, 1.54) is 34.8 Å². The Labute approximate surface area is 169 Å². The number of carbonyl (C=O) groups excluding carboxylic acids is 1. The first-order chi connectivity index (χ1) is 12.7. The smallest absolute Gasteiger partial charge is 0.268 e. The zero-order valence-electron chi connectivity index (χ0n) is 13.8. The van der Waals surface area contributed by atoms with Crippen LogP contribution >= 0.6 is 46.5 Å². The molecule has 1 aromatic heterocycles. The van der Waals surface area contributed by atoms with E-state index in [4.69, 9.17) is 16.4 Å². The Morgan fingerprint density at radius 2 is 2.08 bits per heavy atom. The van der Waals surface area contributed by atoms with Gasteiger partial charge in [-0.2, -0.15) is 0 Å². The van der Waals surface area contributed by atoms with Crippen molar-refractivity contribution in [2.75, 3.05) is 16.8 Å². The van der Waals surface area contributed by atoms with Crippen LogP contribution in [0, 0.1) is 0 Å². The van der Waals surface area contributed by atoms with E-state index in [1.807, 2.05) is 47.8 Å². The van der Waals surface area contributed by atoms with Gasteiger partial charge in [0.1, 0.15) is 5.71 Å². The van der Waals surface area contributed by atoms with Crippen molar-refractivity contribution in [2.24, 2.45) is 5.16 Å². The Kier molecular flexibility index (Phi) is 5.78. The van der Waals surface area contributed by atoms with Crippen molar-refractivity contribution < 1.29 is 9.63 Å². The average Bonchev–Trinajstić information content (AvgIpc) is 3.32. The van der Waals surface area contributed by atoms with Gasteiger partial charge in [0, 0.05) is 12.1 Å². The molecule has 0 spiro atoms. The zero-order chi connectivity index (χ0) is 17.9. The number of carbonyl (C=O) groups is 1. The summed E-state index contributed by atoms with van der Waals surface area (Å²) in [5, 5.41) is 7.02. The predicted molar refractivity (Wildman–Crippen MR) is 113 cm³/mol. The van der Waals surface area contributed by atoms with Crippen LogP contribution in [0.2, 0.25) is 4.34 Å². The van der Waals surface area contributed by atoms with Crippen LogP contribution < -0.4 is 5.32 Å². The molecule has 0 bridgehead atoms. The minimum atomic E-state index is -0.604. The van der Waals surface area contributed by atoms with E-state index in [-0.39, 0.29) is 5.91 Å². The number of amides is 1. The molecule has 3 heterocycles. The number of anilines is 1. The van der Waals surface area contributed by atoms with Crippen LogP contribution in [-0.2, 0) is 9.63 Å². The summed E-state index contributed by atoms with van der Waals surface area (Å²) in [7, 11) is 0. The zero-order valence-corrected chi connectivity index (χ0v) is 17.0. The van der Waals surface area contributed by atoms with E-state index in [0.717, 1.165) is 16.3 Å². The lowest BCUT2D eigenvalue weighted by atomic mass is 10.1. The first-order valence-electron chi connectivity index (χ1n) is 8.31. The van der Waals surface area contributed by atoms with E-state index >= 15 is 0 Å². The summed E-state index contributed by atoms with van der Waals surface area (Å²) in [6.45, 7) is 0. The van der Waals surface area contributed by atoms with Gasteiger partial charge >= 0.3 is 0 Å². The van der Waals surface area contributed by atoms with Crippen molar-refractivity contribution in [1.29, 1.82) is 0 Å². The van der Waals surface area contributed by atoms with Crippen LogP contribution in [0.3, 0.4) is 0 Å². The normalized spacial score (nSPS) is 20.5. The van der Waals surface area contributed by atoms with Crippen molar-refractivity contribution in [3.63, 3.8) is 0 Å². The van der Waals surface area contributed by atoms with Crippen LogP contribution in [0.1, 0.15) is 27.9 Å². The molecular formula is C18H17ClN2O2S3. The summed E-state index contributed by atoms with van der Waals surface area (Å²) in [5.74, 6) is 2.21. The number of hydrogen-bond acceptors (Lipinski definition) is 6. The lowest BCUT2D eigenvalue weighted by molar-refractivity contribution is -0.125. The molecule has 2 aliphatic heterocycles. The van der Waals surface area contributed by atoms with Crippen LogP contribution in [0.4, 0.5) is 5.69 Å². The van der Waals surface area contributed by atoms with Gasteiger partial charge in [-0.25, -0.2) is 0 Å². The number of halogens is 1. The first-order valence-corrected chi connectivity index (χ1v) is 11.6. The fourth-order valence-electron chi connectivity index (χ4n) is 2.80. The molecule has 1 aromatic carbocycles. The second kappa shape index (κ2) is 8.25. The molecule has 1 N–H and O–H groups in total. The van der Waals surface area contributed by atoms with Crippen LogP contribution in [0.25, 0.3) is 0 Å². The second-order valence-corrected chi connectivity index (χ2v) is 10.4. The van der Waals surface area contributed by atoms with E-state index in [0.29, 0.717) is 15.3 Å². The van der Waals surface area contributed by atoms with Crippen LogP contribution in [0.5, 0.6) is 0 Å². The highest BCUT2D eigenvalue weighted by Gasteiger charge is 2.29. The lowest BCUT2D eigenvalue weighted by Crippen LogP contribution is -2.28. The van der Waals surface area contributed by atoms with Crippen molar-refractivity contribution in [3.05, 3.63) is 51.2 Å². The molecule has 4 nitrogen and oxygen atoms in total. The lowest BCUT2D eigenvalue weighted by Gasteiger charge is -2.21. The summed E-state index contributed by atoms with van der Waals surface area (Å²) in [5.41, 5.74) is 2.82. The molecule has 4 rings (SSSR count). The second-order valence-electron chi connectivity index (χ2n) is 5.98. The average molecular weight is 425 g/mol. The maximum absolute atomic E-state index is 12.5. The minimum Gasteiger partial charge on any atom is -0.382 e. The molecule has 0 saturated carbocycles. The maximum atomic E-state index is 12.5. The Morgan fingerprint density at radius 1 is 1.23 bits per heavy atom. The molecule has 1 amide bonds. The van der Waals surface area contributed by atoms with E-state index in [1.54, 1.807) is 0 Å². The number of oxime groups is 1. The molecule has 1 saturated heterocycles. The fraction of sp³-hybridized carbons (Fsp3) is 0.333. The summed E-state index contributed by atoms with van der Waals surface area (Å²) in [4.78, 5) is 18.8. The Hall–Kier alpha value is -1.15. The SMILES string of the molecule is O=C(Nc1cccc(C2SCCCS2)c1)[C@H]1CC(c2ccc(Cl)s2)=NO1. The number of benzene rings is 1. The predicted octanol–water partition coefficient (Wildman–Crippen LogP) is 5.40. The van der Waals surface area contributed by atoms with Crippen LogP contribution in [0.15, 0.2) is 41.6 Å². The summed E-state index contributed by atoms with van der Waals surface area (Å²) in [6.07, 6.45) is 1.11. The Balaban J connectivity index is 1.38. The Morgan fingerprint density at radius 3 is 2.85 bits per heavy atom. The van der Waals surface area contributed by atoms with E-state index < -0.39 is 6.10 Å². The number of rotatable bonds is 4. The molecule has 8 heteroatoms. The summed E-state index contributed by atoms with van der Waals surface area (Å²) >= 11 is 11.3. The minimum absolute atomic E-state index is 0.174. The quantitative estimate of drug-likeness (QED) is 0.713. The fourth-order valence-corrected chi connectivity index (χ4v) is 6.71. The largest absolute Gasteiger partial charge is 0.382 e. The highest BCUT2D eigenvalue weighted by molar-refractivity contribution is 8.16. The molecule has 2 aliphatic rings. The van der Waals surface area contributed by atoms with Gasteiger partial charge in [0.15, 0.2) is 0 Å². The van der Waals surface area contributed by atoms with Crippen LogP contribution in [-0.4, -0.2) is 29.2 Å². The summed E-state index contributed by atoms with van der Waals surface area (Å²) in [6, 6.07) is 11.8. The monoisotopic (exact) mass is 424 g/mol. The van der Waals surface area contributed by atoms with Crippen molar-refractivity contribution in [1.82, 2.24) is 0 Å². The van der Waals surface area contributed by atoms with Gasteiger partial charge in [-0.3, -0.25) is 4.79 Å². The molecular weight excluding hydrogens is 408 g/mol. The molecule has 26 heavy (non-hydrogen) atoms.